The fraction of sp³-hybridized carbons (Fsp3) is 0.625. The first kappa shape index (κ1) is 15.5. The van der Waals surface area contributed by atoms with Gasteiger partial charge < -0.3 is 5.11 Å². The number of thiophene rings is 1. The molecular formula is C16H24N2OS. The maximum atomic E-state index is 8.73. The van der Waals surface area contributed by atoms with Crippen LogP contribution in [0.2, 0.25) is 0 Å². The van der Waals surface area contributed by atoms with Crippen molar-refractivity contribution < 1.29 is 5.11 Å². The summed E-state index contributed by atoms with van der Waals surface area (Å²) in [5, 5.41) is 10.8. The average molecular weight is 292 g/mol. The maximum absolute atomic E-state index is 8.73. The summed E-state index contributed by atoms with van der Waals surface area (Å²) in [7, 11) is 2.21. The molecule has 0 spiro atoms. The van der Waals surface area contributed by atoms with Gasteiger partial charge in [0.2, 0.25) is 0 Å². The molecule has 1 saturated heterocycles. The molecule has 2 rings (SSSR count). The number of aliphatic hydroxyl groups is 1. The first-order chi connectivity index (χ1) is 9.51. The molecule has 1 aromatic rings. The zero-order valence-corrected chi connectivity index (χ0v) is 13.5. The highest BCUT2D eigenvalue weighted by Gasteiger charge is 2.30. The van der Waals surface area contributed by atoms with Gasteiger partial charge in [-0.2, -0.15) is 0 Å². The normalized spacial score (nSPS) is 19.6. The number of aliphatic hydroxyl groups excluding tert-OH is 1. The first-order valence-corrected chi connectivity index (χ1v) is 8.00. The Bertz CT molecular complexity index is 498. The van der Waals surface area contributed by atoms with Gasteiger partial charge in [-0.25, -0.2) is 0 Å². The van der Waals surface area contributed by atoms with Crippen LogP contribution in [-0.4, -0.2) is 53.7 Å². The number of likely N-dealkylation sites (N-methyl/N-ethyl adjacent to an activating group) is 1. The van der Waals surface area contributed by atoms with Crippen LogP contribution in [0, 0.1) is 11.8 Å². The zero-order chi connectivity index (χ0) is 14.6. The van der Waals surface area contributed by atoms with Crippen molar-refractivity contribution in [3.05, 3.63) is 21.9 Å². The molecule has 1 aliphatic heterocycles. The van der Waals surface area contributed by atoms with Crippen LogP contribution in [0.5, 0.6) is 0 Å². The summed E-state index contributed by atoms with van der Waals surface area (Å²) in [6.07, 6.45) is 0.553. The summed E-state index contributed by atoms with van der Waals surface area (Å²) in [5.74, 6) is 6.07. The van der Waals surface area contributed by atoms with Crippen molar-refractivity contribution in [1.82, 2.24) is 9.80 Å². The molecule has 1 aromatic heterocycles. The van der Waals surface area contributed by atoms with Crippen molar-refractivity contribution >= 4 is 11.3 Å². The highest BCUT2D eigenvalue weighted by Crippen LogP contribution is 2.22. The minimum Gasteiger partial charge on any atom is -0.395 e. The zero-order valence-electron chi connectivity index (χ0n) is 12.6. The van der Waals surface area contributed by atoms with Crippen LogP contribution in [0.1, 0.15) is 30.7 Å². The SMILES string of the molecule is CN1CCN(Cc2cc(C#CCCO)cs2)CC1(C)C. The van der Waals surface area contributed by atoms with E-state index < -0.39 is 0 Å². The van der Waals surface area contributed by atoms with Crippen LogP contribution in [0.4, 0.5) is 0 Å². The van der Waals surface area contributed by atoms with E-state index in [0.717, 1.165) is 31.7 Å². The largest absolute Gasteiger partial charge is 0.395 e. The van der Waals surface area contributed by atoms with Crippen LogP contribution in [0.15, 0.2) is 11.4 Å². The molecule has 0 radical (unpaired) electrons. The van der Waals surface area contributed by atoms with Gasteiger partial charge >= 0.3 is 0 Å². The molecule has 0 amide bonds. The molecule has 20 heavy (non-hydrogen) atoms. The highest BCUT2D eigenvalue weighted by atomic mass is 32.1. The predicted molar refractivity (Wildman–Crippen MR) is 84.9 cm³/mol. The fourth-order valence-corrected chi connectivity index (χ4v) is 3.30. The topological polar surface area (TPSA) is 26.7 Å². The smallest absolute Gasteiger partial charge is 0.0540 e. The Kier molecular flexibility index (Phi) is 5.22. The van der Waals surface area contributed by atoms with E-state index in [1.54, 1.807) is 11.3 Å². The molecule has 3 nitrogen and oxygen atoms in total. The second kappa shape index (κ2) is 6.73. The average Bonchev–Trinajstić information content (AvgIpc) is 2.82. The van der Waals surface area contributed by atoms with Gasteiger partial charge in [-0.3, -0.25) is 9.80 Å². The van der Waals surface area contributed by atoms with E-state index in [1.165, 1.54) is 4.88 Å². The summed E-state index contributed by atoms with van der Waals surface area (Å²) < 4.78 is 0. The number of hydrogen-bond acceptors (Lipinski definition) is 4. The maximum Gasteiger partial charge on any atom is 0.0540 e. The van der Waals surface area contributed by atoms with Crippen molar-refractivity contribution in [2.24, 2.45) is 0 Å². The van der Waals surface area contributed by atoms with Gasteiger partial charge in [-0.1, -0.05) is 11.8 Å². The molecule has 2 heterocycles. The molecular weight excluding hydrogens is 268 g/mol. The Hall–Kier alpha value is -0.860. The van der Waals surface area contributed by atoms with Crippen molar-refractivity contribution in [1.29, 1.82) is 0 Å². The fourth-order valence-electron chi connectivity index (χ4n) is 2.45. The van der Waals surface area contributed by atoms with Crippen molar-refractivity contribution in [3.8, 4) is 11.8 Å². The predicted octanol–water partition coefficient (Wildman–Crippen LogP) is 2.01. The molecule has 0 bridgehead atoms. The van der Waals surface area contributed by atoms with Gasteiger partial charge in [0, 0.05) is 54.0 Å². The van der Waals surface area contributed by atoms with Crippen LogP contribution >= 0.6 is 11.3 Å². The molecule has 0 aliphatic carbocycles. The van der Waals surface area contributed by atoms with Gasteiger partial charge in [0.25, 0.3) is 0 Å². The molecule has 0 unspecified atom stereocenters. The summed E-state index contributed by atoms with van der Waals surface area (Å²) in [6.45, 7) is 9.13. The van der Waals surface area contributed by atoms with E-state index in [-0.39, 0.29) is 12.1 Å². The first-order valence-electron chi connectivity index (χ1n) is 7.12. The monoisotopic (exact) mass is 292 g/mol. The Labute approximate surface area is 126 Å². The van der Waals surface area contributed by atoms with Crippen molar-refractivity contribution in [3.63, 3.8) is 0 Å². The highest BCUT2D eigenvalue weighted by molar-refractivity contribution is 7.10. The Balaban J connectivity index is 1.93. The minimum atomic E-state index is 0.139. The molecule has 0 saturated carbocycles. The van der Waals surface area contributed by atoms with E-state index in [0.29, 0.717) is 6.42 Å². The molecule has 1 aliphatic rings. The van der Waals surface area contributed by atoms with E-state index >= 15 is 0 Å². The van der Waals surface area contributed by atoms with E-state index in [9.17, 15) is 0 Å². The van der Waals surface area contributed by atoms with E-state index in [1.807, 2.05) is 0 Å². The van der Waals surface area contributed by atoms with Gasteiger partial charge in [0.15, 0.2) is 0 Å². The van der Waals surface area contributed by atoms with Crippen molar-refractivity contribution in [2.75, 3.05) is 33.3 Å². The van der Waals surface area contributed by atoms with Gasteiger partial charge in [-0.15, -0.1) is 11.3 Å². The molecule has 1 fully saturated rings. The minimum absolute atomic E-state index is 0.139. The third-order valence-electron chi connectivity index (χ3n) is 3.90. The summed E-state index contributed by atoms with van der Waals surface area (Å²) >= 11 is 1.78. The number of rotatable bonds is 3. The van der Waals surface area contributed by atoms with Gasteiger partial charge in [0.05, 0.1) is 6.61 Å². The lowest BCUT2D eigenvalue weighted by Gasteiger charge is -2.45. The van der Waals surface area contributed by atoms with Crippen molar-refractivity contribution in [2.45, 2.75) is 32.4 Å². The Morgan fingerprint density at radius 1 is 1.40 bits per heavy atom. The standard InChI is InChI=1S/C16H24N2OS/c1-16(2)13-18(8-7-17(16)3)11-15-10-14(12-20-15)6-4-5-9-19/h10,12,19H,5,7-9,11,13H2,1-3H3. The summed E-state index contributed by atoms with van der Waals surface area (Å²) in [6, 6.07) is 2.18. The lowest BCUT2D eigenvalue weighted by Crippen LogP contribution is -2.57. The molecule has 0 aromatic carbocycles. The van der Waals surface area contributed by atoms with Gasteiger partial charge in [0.1, 0.15) is 0 Å². The van der Waals surface area contributed by atoms with Gasteiger partial charge in [-0.05, 0) is 27.0 Å². The van der Waals surface area contributed by atoms with E-state index in [4.69, 9.17) is 5.11 Å². The number of nitrogens with zero attached hydrogens (tertiary/aromatic N) is 2. The van der Waals surface area contributed by atoms with Crippen LogP contribution < -0.4 is 0 Å². The molecule has 4 heteroatoms. The third kappa shape index (κ3) is 4.07. The molecule has 110 valence electrons. The third-order valence-corrected chi connectivity index (χ3v) is 4.82. The lowest BCUT2D eigenvalue weighted by molar-refractivity contribution is 0.0365. The Morgan fingerprint density at radius 2 is 2.20 bits per heavy atom. The Morgan fingerprint density at radius 3 is 2.90 bits per heavy atom. The second-order valence-electron chi connectivity index (χ2n) is 6.02. The molecule has 0 atom stereocenters. The quantitative estimate of drug-likeness (QED) is 0.863. The van der Waals surface area contributed by atoms with E-state index in [2.05, 4.69) is 54.0 Å². The summed E-state index contributed by atoms with van der Waals surface area (Å²) in [4.78, 5) is 6.33. The number of piperazine rings is 1. The summed E-state index contributed by atoms with van der Waals surface area (Å²) in [5.41, 5.74) is 1.33. The number of hydrogen-bond donors (Lipinski definition) is 1. The molecule has 1 N–H and O–H groups in total. The second-order valence-corrected chi connectivity index (χ2v) is 7.02. The van der Waals surface area contributed by atoms with Crippen LogP contribution in [-0.2, 0) is 6.54 Å². The lowest BCUT2D eigenvalue weighted by atomic mass is 10.00. The van der Waals surface area contributed by atoms with Crippen LogP contribution in [0.25, 0.3) is 0 Å². The van der Waals surface area contributed by atoms with Crippen LogP contribution in [0.3, 0.4) is 0 Å².